The van der Waals surface area contributed by atoms with Crippen LogP contribution in [0.3, 0.4) is 0 Å². The van der Waals surface area contributed by atoms with Crippen LogP contribution in [0.15, 0.2) is 16.6 Å². The third-order valence-electron chi connectivity index (χ3n) is 3.02. The Kier molecular flexibility index (Phi) is 4.56. The van der Waals surface area contributed by atoms with E-state index >= 15 is 0 Å². The Morgan fingerprint density at radius 1 is 1.45 bits per heavy atom. The summed E-state index contributed by atoms with van der Waals surface area (Å²) in [5.41, 5.74) is 0.899. The maximum Gasteiger partial charge on any atom is 0.322 e. The Hall–Kier alpha value is -1.67. The summed E-state index contributed by atoms with van der Waals surface area (Å²) in [6.07, 6.45) is 0. The summed E-state index contributed by atoms with van der Waals surface area (Å²) in [7, 11) is 0. The van der Waals surface area contributed by atoms with Crippen molar-refractivity contribution >= 4 is 33.3 Å². The molecule has 0 saturated carbocycles. The van der Waals surface area contributed by atoms with Crippen molar-refractivity contribution in [2.24, 2.45) is 0 Å². The van der Waals surface area contributed by atoms with Gasteiger partial charge in [0.05, 0.1) is 23.8 Å². The van der Waals surface area contributed by atoms with Crippen LogP contribution < -0.4 is 5.32 Å². The molecule has 0 aliphatic carbocycles. The molecular formula is C12H14BrN3O4. The number of nitro benzene ring substituents is 1. The van der Waals surface area contributed by atoms with E-state index in [4.69, 9.17) is 4.74 Å². The molecule has 8 heteroatoms. The molecule has 0 radical (unpaired) electrons. The number of urea groups is 1. The normalized spacial score (nSPS) is 15.0. The second-order valence-electron chi connectivity index (χ2n) is 4.41. The lowest BCUT2D eigenvalue weighted by molar-refractivity contribution is -0.385. The topological polar surface area (TPSA) is 84.7 Å². The van der Waals surface area contributed by atoms with Crippen molar-refractivity contribution in [1.82, 2.24) is 4.90 Å². The molecule has 0 spiro atoms. The van der Waals surface area contributed by atoms with E-state index in [-0.39, 0.29) is 11.7 Å². The van der Waals surface area contributed by atoms with Crippen LogP contribution in [0.4, 0.5) is 16.2 Å². The number of nitrogens with one attached hydrogen (secondary N) is 1. The zero-order chi connectivity index (χ0) is 14.7. The molecule has 1 aromatic carbocycles. The molecule has 0 bridgehead atoms. The van der Waals surface area contributed by atoms with Crippen molar-refractivity contribution in [3.8, 4) is 0 Å². The van der Waals surface area contributed by atoms with Crippen LogP contribution in [0, 0.1) is 17.0 Å². The van der Waals surface area contributed by atoms with E-state index in [1.54, 1.807) is 17.9 Å². The van der Waals surface area contributed by atoms with Gasteiger partial charge in [-0.15, -0.1) is 0 Å². The Labute approximate surface area is 124 Å². The Morgan fingerprint density at radius 3 is 2.70 bits per heavy atom. The molecule has 1 aromatic rings. The number of anilines is 1. The molecule has 2 rings (SSSR count). The summed E-state index contributed by atoms with van der Waals surface area (Å²) in [5, 5.41) is 13.6. The van der Waals surface area contributed by atoms with E-state index in [0.29, 0.717) is 42.0 Å². The van der Waals surface area contributed by atoms with E-state index in [9.17, 15) is 14.9 Å². The monoisotopic (exact) mass is 343 g/mol. The van der Waals surface area contributed by atoms with Crippen LogP contribution >= 0.6 is 15.9 Å². The molecular weight excluding hydrogens is 330 g/mol. The van der Waals surface area contributed by atoms with E-state index in [2.05, 4.69) is 21.2 Å². The molecule has 1 aliphatic rings. The number of aryl methyl sites for hydroxylation is 1. The summed E-state index contributed by atoms with van der Waals surface area (Å²) in [4.78, 5) is 24.1. The van der Waals surface area contributed by atoms with Crippen molar-refractivity contribution in [1.29, 1.82) is 0 Å². The first-order chi connectivity index (χ1) is 9.49. The Balaban J connectivity index is 2.18. The number of carbonyl (C=O) groups excluding carboxylic acids is 1. The summed E-state index contributed by atoms with van der Waals surface area (Å²) < 4.78 is 5.78. The number of nitrogens with zero attached hydrogens (tertiary/aromatic N) is 2. The van der Waals surface area contributed by atoms with E-state index in [1.165, 1.54) is 6.07 Å². The predicted molar refractivity (Wildman–Crippen MR) is 76.9 cm³/mol. The van der Waals surface area contributed by atoms with Gasteiger partial charge in [-0.2, -0.15) is 0 Å². The van der Waals surface area contributed by atoms with Crippen LogP contribution in [-0.2, 0) is 4.74 Å². The van der Waals surface area contributed by atoms with Crippen molar-refractivity contribution in [2.75, 3.05) is 31.6 Å². The third kappa shape index (κ3) is 3.26. The number of carbonyl (C=O) groups is 1. The van der Waals surface area contributed by atoms with Gasteiger partial charge in [-0.05, 0) is 28.9 Å². The Morgan fingerprint density at radius 2 is 2.10 bits per heavy atom. The van der Waals surface area contributed by atoms with Crippen LogP contribution in [-0.4, -0.2) is 42.2 Å². The highest BCUT2D eigenvalue weighted by atomic mass is 79.9. The fourth-order valence-corrected chi connectivity index (χ4v) is 2.47. The van der Waals surface area contributed by atoms with E-state index < -0.39 is 4.92 Å². The van der Waals surface area contributed by atoms with Crippen LogP contribution in [0.2, 0.25) is 0 Å². The molecule has 7 nitrogen and oxygen atoms in total. The fourth-order valence-electron chi connectivity index (χ4n) is 1.91. The largest absolute Gasteiger partial charge is 0.378 e. The molecule has 1 fully saturated rings. The standard InChI is InChI=1S/C12H14BrN3O4/c1-8-6-9(13)10(7-11(8)16(18)19)14-12(17)15-2-4-20-5-3-15/h6-7H,2-5H2,1H3,(H,14,17). The molecule has 1 heterocycles. The number of benzene rings is 1. The van der Waals surface area contributed by atoms with Gasteiger partial charge < -0.3 is 15.0 Å². The molecule has 0 atom stereocenters. The summed E-state index contributed by atoms with van der Waals surface area (Å²) in [5.74, 6) is 0. The third-order valence-corrected chi connectivity index (χ3v) is 3.68. The van der Waals surface area contributed by atoms with Crippen molar-refractivity contribution < 1.29 is 14.5 Å². The van der Waals surface area contributed by atoms with Gasteiger partial charge in [-0.3, -0.25) is 10.1 Å². The number of nitro groups is 1. The number of morpholine rings is 1. The van der Waals surface area contributed by atoms with Gasteiger partial charge in [0.25, 0.3) is 5.69 Å². The first-order valence-corrected chi connectivity index (χ1v) is 6.86. The lowest BCUT2D eigenvalue weighted by Gasteiger charge is -2.27. The SMILES string of the molecule is Cc1cc(Br)c(NC(=O)N2CCOCC2)cc1[N+](=O)[O-]. The number of amides is 2. The fraction of sp³-hybridized carbons (Fsp3) is 0.417. The molecule has 0 aromatic heterocycles. The minimum Gasteiger partial charge on any atom is -0.378 e. The molecule has 1 N–H and O–H groups in total. The number of ether oxygens (including phenoxy) is 1. The first kappa shape index (κ1) is 14.7. The molecule has 108 valence electrons. The highest BCUT2D eigenvalue weighted by Crippen LogP contribution is 2.30. The molecule has 20 heavy (non-hydrogen) atoms. The summed E-state index contributed by atoms with van der Waals surface area (Å²) in [6.45, 7) is 3.68. The lowest BCUT2D eigenvalue weighted by atomic mass is 10.2. The van der Waals surface area contributed by atoms with Crippen LogP contribution in [0.1, 0.15) is 5.56 Å². The molecule has 0 unspecified atom stereocenters. The maximum atomic E-state index is 12.1. The zero-order valence-corrected chi connectivity index (χ0v) is 12.5. The van der Waals surface area contributed by atoms with Gasteiger partial charge in [0.15, 0.2) is 0 Å². The number of hydrogen-bond donors (Lipinski definition) is 1. The van der Waals surface area contributed by atoms with Crippen LogP contribution in [0.25, 0.3) is 0 Å². The molecule has 2 amide bonds. The van der Waals surface area contributed by atoms with Gasteiger partial charge in [0.2, 0.25) is 0 Å². The average molecular weight is 344 g/mol. The molecule has 1 aliphatic heterocycles. The van der Waals surface area contributed by atoms with Gasteiger partial charge in [0, 0.05) is 29.2 Å². The minimum atomic E-state index is -0.466. The van der Waals surface area contributed by atoms with E-state index in [0.717, 1.165) is 0 Å². The quantitative estimate of drug-likeness (QED) is 0.660. The first-order valence-electron chi connectivity index (χ1n) is 6.07. The van der Waals surface area contributed by atoms with Gasteiger partial charge in [-0.1, -0.05) is 0 Å². The van der Waals surface area contributed by atoms with Crippen molar-refractivity contribution in [2.45, 2.75) is 6.92 Å². The lowest BCUT2D eigenvalue weighted by Crippen LogP contribution is -2.43. The summed E-state index contributed by atoms with van der Waals surface area (Å²) >= 11 is 3.30. The van der Waals surface area contributed by atoms with E-state index in [1.807, 2.05) is 0 Å². The average Bonchev–Trinajstić information content (AvgIpc) is 2.42. The second kappa shape index (κ2) is 6.19. The van der Waals surface area contributed by atoms with Crippen LogP contribution in [0.5, 0.6) is 0 Å². The van der Waals surface area contributed by atoms with Crippen molar-refractivity contribution in [3.05, 3.63) is 32.3 Å². The highest BCUT2D eigenvalue weighted by molar-refractivity contribution is 9.10. The highest BCUT2D eigenvalue weighted by Gasteiger charge is 2.20. The minimum absolute atomic E-state index is 0.0227. The zero-order valence-electron chi connectivity index (χ0n) is 10.9. The number of rotatable bonds is 2. The van der Waals surface area contributed by atoms with Crippen molar-refractivity contribution in [3.63, 3.8) is 0 Å². The predicted octanol–water partition coefficient (Wildman–Crippen LogP) is 2.53. The van der Waals surface area contributed by atoms with Gasteiger partial charge in [-0.25, -0.2) is 4.79 Å². The smallest absolute Gasteiger partial charge is 0.322 e. The maximum absolute atomic E-state index is 12.1. The summed E-state index contributed by atoms with van der Waals surface area (Å²) in [6, 6.07) is 2.69. The Bertz CT molecular complexity index is 544. The van der Waals surface area contributed by atoms with Gasteiger partial charge in [0.1, 0.15) is 0 Å². The molecule has 1 saturated heterocycles. The number of halogens is 1. The van der Waals surface area contributed by atoms with Gasteiger partial charge >= 0.3 is 6.03 Å². The number of hydrogen-bond acceptors (Lipinski definition) is 4. The second-order valence-corrected chi connectivity index (χ2v) is 5.26.